The number of anilines is 1. The molecule has 3 aromatic carbocycles. The number of benzene rings is 3. The number of nitrogens with zero attached hydrogens (tertiary/aromatic N) is 5. The van der Waals surface area contributed by atoms with Crippen molar-refractivity contribution >= 4 is 47.2 Å². The molecule has 8 rings (SSSR count). The molecule has 308 valence electrons. The van der Waals surface area contributed by atoms with Gasteiger partial charge in [-0.2, -0.15) is 5.26 Å². The van der Waals surface area contributed by atoms with Crippen molar-refractivity contribution in [3.8, 4) is 11.8 Å². The van der Waals surface area contributed by atoms with Crippen molar-refractivity contribution in [2.45, 2.75) is 69.4 Å². The van der Waals surface area contributed by atoms with Crippen LogP contribution in [0, 0.1) is 29.1 Å². The van der Waals surface area contributed by atoms with Crippen LogP contribution in [0.15, 0.2) is 60.7 Å². The molecule has 5 aliphatic rings. The molecule has 0 bridgehead atoms. The Hall–Kier alpha value is -5.25. The lowest BCUT2D eigenvalue weighted by Gasteiger charge is -2.38. The number of likely N-dealkylation sites (tertiary alicyclic amines) is 2. The molecule has 1 N–H and O–H groups in total. The van der Waals surface area contributed by atoms with Gasteiger partial charge < -0.3 is 24.3 Å². The highest BCUT2D eigenvalue weighted by molar-refractivity contribution is 6.31. The number of hydrogen-bond acceptors (Lipinski definition) is 9. The molecule has 1 aliphatic carbocycles. The van der Waals surface area contributed by atoms with E-state index in [0.717, 1.165) is 95.6 Å². The van der Waals surface area contributed by atoms with Crippen molar-refractivity contribution in [1.82, 2.24) is 20.0 Å². The Morgan fingerprint density at radius 2 is 1.64 bits per heavy atom. The maximum Gasteiger partial charge on any atom is 0.255 e. The number of fused-ring (bicyclic) bond motifs is 1. The van der Waals surface area contributed by atoms with E-state index < -0.39 is 17.9 Å². The third-order valence-corrected chi connectivity index (χ3v) is 13.8. The van der Waals surface area contributed by atoms with Crippen LogP contribution in [0.1, 0.15) is 99.5 Å². The minimum absolute atomic E-state index is 0.0869. The number of ether oxygens (including phenoxy) is 1. The molecule has 3 aromatic rings. The van der Waals surface area contributed by atoms with Crippen LogP contribution in [0.3, 0.4) is 0 Å². The second kappa shape index (κ2) is 17.5. The second-order valence-electron chi connectivity index (χ2n) is 17.1. The Kier molecular flexibility index (Phi) is 12.0. The Morgan fingerprint density at radius 3 is 2.29 bits per heavy atom. The van der Waals surface area contributed by atoms with Crippen LogP contribution >= 0.6 is 11.6 Å². The average molecular weight is 819 g/mol. The number of nitrogens with one attached hydrogen (secondary N) is 1. The molecular formula is C46H51ClN6O6. The number of carbonyl (C=O) groups excluding carboxylic acids is 5. The van der Waals surface area contributed by atoms with Crippen LogP contribution in [0.2, 0.25) is 5.02 Å². The highest BCUT2D eigenvalue weighted by Gasteiger charge is 2.43. The van der Waals surface area contributed by atoms with Gasteiger partial charge in [-0.1, -0.05) is 23.7 Å². The minimum Gasteiger partial charge on any atom is -0.490 e. The third-order valence-electron chi connectivity index (χ3n) is 13.5. The van der Waals surface area contributed by atoms with Crippen molar-refractivity contribution in [1.29, 1.82) is 5.26 Å². The number of halogens is 1. The van der Waals surface area contributed by atoms with E-state index >= 15 is 0 Å². The summed E-state index contributed by atoms with van der Waals surface area (Å²) >= 11 is 6.20. The monoisotopic (exact) mass is 818 g/mol. The van der Waals surface area contributed by atoms with Gasteiger partial charge in [-0.15, -0.1) is 0 Å². The molecular weight excluding hydrogens is 768 g/mol. The first-order chi connectivity index (χ1) is 28.6. The molecule has 1 saturated carbocycles. The molecule has 12 nitrogen and oxygen atoms in total. The zero-order valence-electron chi connectivity index (χ0n) is 33.5. The highest BCUT2D eigenvalue weighted by atomic mass is 35.5. The number of aldehydes is 1. The van der Waals surface area contributed by atoms with E-state index in [1.165, 1.54) is 17.5 Å². The molecule has 0 aromatic heterocycles. The lowest BCUT2D eigenvalue weighted by Crippen LogP contribution is -2.53. The second-order valence-corrected chi connectivity index (χ2v) is 17.5. The minimum atomic E-state index is -0.753. The van der Waals surface area contributed by atoms with Crippen molar-refractivity contribution in [3.63, 3.8) is 0 Å². The van der Waals surface area contributed by atoms with Crippen molar-refractivity contribution in [3.05, 3.63) is 93.5 Å². The topological polar surface area (TPSA) is 143 Å². The van der Waals surface area contributed by atoms with Gasteiger partial charge in [0.05, 0.1) is 22.3 Å². The summed E-state index contributed by atoms with van der Waals surface area (Å²) in [5, 5.41) is 11.8. The number of rotatable bonds is 10. The molecule has 4 heterocycles. The van der Waals surface area contributed by atoms with Crippen LogP contribution in [-0.4, -0.2) is 110 Å². The average Bonchev–Trinajstić information content (AvgIpc) is 3.82. The Balaban J connectivity index is 0.761. The smallest absolute Gasteiger partial charge is 0.255 e. The number of imide groups is 1. The van der Waals surface area contributed by atoms with Crippen molar-refractivity contribution in [2.75, 3.05) is 57.8 Å². The number of piperidine rings is 3. The largest absolute Gasteiger partial charge is 0.490 e. The van der Waals surface area contributed by atoms with Gasteiger partial charge in [0.15, 0.2) is 6.29 Å². The molecule has 4 atom stereocenters. The first-order valence-corrected chi connectivity index (χ1v) is 21.4. The molecule has 13 heteroatoms. The fourth-order valence-corrected chi connectivity index (χ4v) is 10.3. The highest BCUT2D eigenvalue weighted by Crippen LogP contribution is 2.41. The molecule has 2 unspecified atom stereocenters. The maximum atomic E-state index is 13.5. The summed E-state index contributed by atoms with van der Waals surface area (Å²) in [5.74, 6) is 1.45. The van der Waals surface area contributed by atoms with Gasteiger partial charge in [0.1, 0.15) is 17.9 Å². The third kappa shape index (κ3) is 8.87. The summed E-state index contributed by atoms with van der Waals surface area (Å²) in [6.07, 6.45) is 7.30. The number of nitriles is 1. The zero-order valence-corrected chi connectivity index (χ0v) is 34.2. The normalized spacial score (nSPS) is 24.0. The first kappa shape index (κ1) is 40.5. The fraction of sp³-hybridized carbons (Fsp3) is 0.478. The molecule has 59 heavy (non-hydrogen) atoms. The summed E-state index contributed by atoms with van der Waals surface area (Å²) in [6.45, 7) is 6.42. The lowest BCUT2D eigenvalue weighted by molar-refractivity contribution is -0.136. The SMILES string of the molecule is CN(C(=O)c1ccc(N2CCC(CN3CCC(c4ccc(C(=O)N5C[C@H]6CC(Oc7ccc(C#N)c(Cl)c7)C[C@H]6C5)cc4)CC3)CC2)cc1C=O)C1CCC(=O)NC1=O. The van der Waals surface area contributed by atoms with Crippen molar-refractivity contribution in [2.24, 2.45) is 17.8 Å². The number of carbonyl (C=O) groups is 5. The Morgan fingerprint density at radius 1 is 0.932 bits per heavy atom. The van der Waals surface area contributed by atoms with E-state index in [1.807, 2.05) is 23.1 Å². The quantitative estimate of drug-likeness (QED) is 0.195. The van der Waals surface area contributed by atoms with E-state index in [2.05, 4.69) is 33.3 Å². The Bertz CT molecular complexity index is 2130. The predicted octanol–water partition coefficient (Wildman–Crippen LogP) is 5.93. The number of amides is 4. The van der Waals surface area contributed by atoms with Crippen LogP contribution in [0.25, 0.3) is 0 Å². The molecule has 5 fully saturated rings. The van der Waals surface area contributed by atoms with Crippen LogP contribution in [0.5, 0.6) is 5.75 Å². The van der Waals surface area contributed by atoms with Crippen LogP contribution in [-0.2, 0) is 9.59 Å². The van der Waals surface area contributed by atoms with Gasteiger partial charge in [0, 0.05) is 69.1 Å². The number of likely N-dealkylation sites (N-methyl/N-ethyl adjacent to an activating group) is 1. The number of hydrogen-bond donors (Lipinski definition) is 1. The Labute approximate surface area is 350 Å². The van der Waals surface area contributed by atoms with E-state index in [9.17, 15) is 24.0 Å². The summed E-state index contributed by atoms with van der Waals surface area (Å²) in [6, 6.07) is 20.2. The molecule has 0 radical (unpaired) electrons. The van der Waals surface area contributed by atoms with Gasteiger partial charge in [0.25, 0.3) is 11.8 Å². The van der Waals surface area contributed by atoms with Gasteiger partial charge in [-0.3, -0.25) is 29.3 Å². The molecule has 4 aliphatic heterocycles. The fourth-order valence-electron chi connectivity index (χ4n) is 10.0. The molecule has 4 saturated heterocycles. The van der Waals surface area contributed by atoms with Gasteiger partial charge in [0.2, 0.25) is 11.8 Å². The molecule has 4 amide bonds. The first-order valence-electron chi connectivity index (χ1n) is 21.0. The van der Waals surface area contributed by atoms with E-state index in [0.29, 0.717) is 51.9 Å². The summed E-state index contributed by atoms with van der Waals surface area (Å²) < 4.78 is 6.21. The summed E-state index contributed by atoms with van der Waals surface area (Å²) in [7, 11) is 1.53. The zero-order chi connectivity index (χ0) is 41.2. The van der Waals surface area contributed by atoms with Gasteiger partial charge in [-0.05, 0) is 130 Å². The summed E-state index contributed by atoms with van der Waals surface area (Å²) in [5.41, 5.74) is 3.95. The van der Waals surface area contributed by atoms with Crippen molar-refractivity contribution < 1.29 is 28.7 Å². The van der Waals surface area contributed by atoms with E-state index in [4.69, 9.17) is 21.6 Å². The lowest BCUT2D eigenvalue weighted by atomic mass is 9.88. The van der Waals surface area contributed by atoms with Crippen LogP contribution in [0.4, 0.5) is 5.69 Å². The molecule has 0 spiro atoms. The van der Waals surface area contributed by atoms with E-state index in [1.54, 1.807) is 30.3 Å². The standard InChI is InChI=1S/C46H51ClN6O6/c1-50(42-10-11-43(55)49-44(42)56)46(58)40-9-7-37(20-36(40)28-54)52-18-12-29(13-19-52)25-51-16-14-31(15-17-51)30-2-4-32(5-3-30)45(57)53-26-34-21-39(22-35(34)27-53)59-38-8-6-33(24-48)41(47)23-38/h2-9,20,23,28-29,31,34-35,39,42H,10-19,21-22,25-27H2,1H3,(H,49,55,56)/t34-,35+,39?,42?. The van der Waals surface area contributed by atoms with Gasteiger partial charge >= 0.3 is 0 Å². The maximum absolute atomic E-state index is 13.5. The van der Waals surface area contributed by atoms with Crippen LogP contribution < -0.4 is 15.0 Å². The van der Waals surface area contributed by atoms with E-state index in [-0.39, 0.29) is 36.3 Å². The summed E-state index contributed by atoms with van der Waals surface area (Å²) in [4.78, 5) is 71.0. The van der Waals surface area contributed by atoms with Gasteiger partial charge in [-0.25, -0.2) is 0 Å². The predicted molar refractivity (Wildman–Crippen MR) is 223 cm³/mol.